The first kappa shape index (κ1) is 15.7. The number of rotatable bonds is 5. The molecule has 5 nitrogen and oxygen atoms in total. The Bertz CT molecular complexity index is 699. The van der Waals surface area contributed by atoms with Crippen molar-refractivity contribution in [2.75, 3.05) is 13.2 Å². The Labute approximate surface area is 138 Å². The van der Waals surface area contributed by atoms with E-state index in [4.69, 9.17) is 4.74 Å². The van der Waals surface area contributed by atoms with Gasteiger partial charge in [0.2, 0.25) is 5.91 Å². The number of aryl methyl sites for hydroxylation is 1. The van der Waals surface area contributed by atoms with Gasteiger partial charge in [0.25, 0.3) is 0 Å². The molecule has 1 saturated heterocycles. The lowest BCUT2D eigenvalue weighted by atomic mass is 10.1. The maximum absolute atomic E-state index is 12.1. The van der Waals surface area contributed by atoms with Gasteiger partial charge in [-0.3, -0.25) is 4.79 Å². The van der Waals surface area contributed by atoms with Crippen LogP contribution in [0.4, 0.5) is 0 Å². The van der Waals surface area contributed by atoms with Crippen LogP contribution in [0.3, 0.4) is 0 Å². The number of carbonyl (C=O) groups excluding carboxylic acids is 2. The lowest BCUT2D eigenvalue weighted by molar-refractivity contribution is -0.128. The van der Waals surface area contributed by atoms with E-state index in [1.54, 1.807) is 0 Å². The predicted molar refractivity (Wildman–Crippen MR) is 87.1 cm³/mol. The van der Waals surface area contributed by atoms with Crippen LogP contribution < -0.4 is 0 Å². The number of amides is 1. The van der Waals surface area contributed by atoms with Crippen molar-refractivity contribution in [3.63, 3.8) is 0 Å². The molecule has 2 aromatic rings. The molecule has 0 spiro atoms. The fourth-order valence-electron chi connectivity index (χ4n) is 2.64. The number of hydrogen-bond acceptors (Lipinski definition) is 5. The van der Waals surface area contributed by atoms with Crippen LogP contribution in [0.25, 0.3) is 0 Å². The molecule has 23 heavy (non-hydrogen) atoms. The number of ether oxygens (including phenoxy) is 1. The van der Waals surface area contributed by atoms with Crippen molar-refractivity contribution in [1.29, 1.82) is 0 Å². The maximum Gasteiger partial charge on any atom is 0.349 e. The third-order valence-corrected chi connectivity index (χ3v) is 4.68. The minimum Gasteiger partial charge on any atom is -0.461 e. The smallest absolute Gasteiger partial charge is 0.349 e. The average Bonchev–Trinajstić information content (AvgIpc) is 3.13. The Hall–Kier alpha value is -2.21. The van der Waals surface area contributed by atoms with Crippen molar-refractivity contribution in [2.45, 2.75) is 19.9 Å². The quantitative estimate of drug-likeness (QED) is 0.791. The van der Waals surface area contributed by atoms with Crippen LogP contribution in [-0.2, 0) is 16.1 Å². The zero-order valence-electron chi connectivity index (χ0n) is 12.9. The molecule has 1 aliphatic heterocycles. The van der Waals surface area contributed by atoms with Crippen molar-refractivity contribution in [3.8, 4) is 0 Å². The van der Waals surface area contributed by atoms with E-state index < -0.39 is 0 Å². The molecule has 0 saturated carbocycles. The van der Waals surface area contributed by atoms with E-state index in [-0.39, 0.29) is 24.4 Å². The molecule has 0 bridgehead atoms. The lowest BCUT2D eigenvalue weighted by Crippen LogP contribution is -2.25. The molecule has 120 valence electrons. The molecule has 1 aromatic heterocycles. The summed E-state index contributed by atoms with van der Waals surface area (Å²) in [6, 6.07) is 9.90. The molecule has 1 atom stereocenters. The number of benzene rings is 1. The zero-order chi connectivity index (χ0) is 16.2. The number of carbonyl (C=O) groups is 2. The summed E-state index contributed by atoms with van der Waals surface area (Å²) in [6.07, 6.45) is 1.96. The van der Waals surface area contributed by atoms with Crippen molar-refractivity contribution < 1.29 is 14.3 Å². The predicted octanol–water partition coefficient (Wildman–Crippen LogP) is 2.66. The Kier molecular flexibility index (Phi) is 4.71. The second kappa shape index (κ2) is 6.91. The van der Waals surface area contributed by atoms with Gasteiger partial charge in [0.05, 0.1) is 17.8 Å². The maximum atomic E-state index is 12.1. The molecule has 0 aliphatic carbocycles. The number of aromatic nitrogens is 1. The number of thiazole rings is 1. The van der Waals surface area contributed by atoms with Crippen LogP contribution in [0.5, 0.6) is 0 Å². The molecular weight excluding hydrogens is 312 g/mol. The van der Waals surface area contributed by atoms with Gasteiger partial charge in [0.1, 0.15) is 4.88 Å². The summed E-state index contributed by atoms with van der Waals surface area (Å²) < 4.78 is 5.32. The standard InChI is InChI=1S/C17H18N2O3S/c1-12-18-8-15(23-12)17(21)22-11-14-7-16(20)19(10-14)9-13-5-3-2-4-6-13/h2-6,8,14H,7,9-11H2,1H3/t14-/m1/s1. The Morgan fingerprint density at radius 1 is 1.39 bits per heavy atom. The highest BCUT2D eigenvalue weighted by molar-refractivity contribution is 7.13. The third kappa shape index (κ3) is 3.96. The summed E-state index contributed by atoms with van der Waals surface area (Å²) in [5, 5.41) is 0.835. The minimum absolute atomic E-state index is 0.0594. The first-order valence-electron chi connectivity index (χ1n) is 7.53. The number of nitrogens with zero attached hydrogens (tertiary/aromatic N) is 2. The highest BCUT2D eigenvalue weighted by Crippen LogP contribution is 2.21. The van der Waals surface area contributed by atoms with Gasteiger partial charge in [-0.25, -0.2) is 9.78 Å². The van der Waals surface area contributed by atoms with Crippen molar-refractivity contribution in [2.24, 2.45) is 5.92 Å². The highest BCUT2D eigenvalue weighted by atomic mass is 32.1. The molecule has 0 unspecified atom stereocenters. The normalized spacial score (nSPS) is 17.5. The second-order valence-corrected chi connectivity index (χ2v) is 6.91. The van der Waals surface area contributed by atoms with Gasteiger partial charge in [-0.2, -0.15) is 0 Å². The molecule has 1 aliphatic rings. The third-order valence-electron chi connectivity index (χ3n) is 3.78. The number of esters is 1. The van der Waals surface area contributed by atoms with Gasteiger partial charge in [0.15, 0.2) is 0 Å². The van der Waals surface area contributed by atoms with Crippen LogP contribution in [0.2, 0.25) is 0 Å². The summed E-state index contributed by atoms with van der Waals surface area (Å²) >= 11 is 1.32. The summed E-state index contributed by atoms with van der Waals surface area (Å²) in [6.45, 7) is 3.35. The lowest BCUT2D eigenvalue weighted by Gasteiger charge is -2.16. The summed E-state index contributed by atoms with van der Waals surface area (Å²) in [4.78, 5) is 30.4. The first-order valence-corrected chi connectivity index (χ1v) is 8.34. The van der Waals surface area contributed by atoms with E-state index in [1.165, 1.54) is 17.5 Å². The van der Waals surface area contributed by atoms with Gasteiger partial charge in [-0.1, -0.05) is 30.3 Å². The van der Waals surface area contributed by atoms with Crippen LogP contribution in [0.1, 0.15) is 26.7 Å². The van der Waals surface area contributed by atoms with Gasteiger partial charge in [0, 0.05) is 25.4 Å². The Morgan fingerprint density at radius 2 is 2.17 bits per heavy atom. The zero-order valence-corrected chi connectivity index (χ0v) is 13.7. The molecule has 0 N–H and O–H groups in total. The van der Waals surface area contributed by atoms with Crippen molar-refractivity contribution >= 4 is 23.2 Å². The Morgan fingerprint density at radius 3 is 2.87 bits per heavy atom. The fraction of sp³-hybridized carbons (Fsp3) is 0.353. The Balaban J connectivity index is 1.50. The fourth-order valence-corrected chi connectivity index (χ4v) is 3.31. The topological polar surface area (TPSA) is 59.5 Å². The molecule has 3 rings (SSSR count). The van der Waals surface area contributed by atoms with E-state index in [2.05, 4.69) is 4.98 Å². The summed E-state index contributed by atoms with van der Waals surface area (Å²) in [5.74, 6) is -0.183. The molecular formula is C17H18N2O3S. The van der Waals surface area contributed by atoms with E-state index >= 15 is 0 Å². The highest BCUT2D eigenvalue weighted by Gasteiger charge is 2.30. The van der Waals surface area contributed by atoms with E-state index in [0.717, 1.165) is 10.6 Å². The van der Waals surface area contributed by atoms with Crippen LogP contribution in [0.15, 0.2) is 36.5 Å². The minimum atomic E-state index is -0.357. The monoisotopic (exact) mass is 330 g/mol. The van der Waals surface area contributed by atoms with Gasteiger partial charge < -0.3 is 9.64 Å². The molecule has 1 amide bonds. The first-order chi connectivity index (χ1) is 11.1. The largest absolute Gasteiger partial charge is 0.461 e. The second-order valence-electron chi connectivity index (χ2n) is 5.67. The molecule has 1 fully saturated rings. The van der Waals surface area contributed by atoms with Gasteiger partial charge in [-0.15, -0.1) is 11.3 Å². The number of hydrogen-bond donors (Lipinski definition) is 0. The summed E-state index contributed by atoms with van der Waals surface area (Å²) in [5.41, 5.74) is 1.11. The molecule has 2 heterocycles. The molecule has 1 aromatic carbocycles. The van der Waals surface area contributed by atoms with Crippen molar-refractivity contribution in [1.82, 2.24) is 9.88 Å². The summed E-state index contributed by atoms with van der Waals surface area (Å²) in [7, 11) is 0. The number of likely N-dealkylation sites (tertiary alicyclic amines) is 1. The molecule has 6 heteroatoms. The SMILES string of the molecule is Cc1ncc(C(=O)OC[C@@H]2CC(=O)N(Cc3ccccc3)C2)s1. The molecule has 0 radical (unpaired) electrons. The average molecular weight is 330 g/mol. The van der Waals surface area contributed by atoms with Crippen molar-refractivity contribution in [3.05, 3.63) is 52.0 Å². The van der Waals surface area contributed by atoms with E-state index in [9.17, 15) is 9.59 Å². The van der Waals surface area contributed by atoms with Gasteiger partial charge in [-0.05, 0) is 12.5 Å². The van der Waals surface area contributed by atoms with Crippen LogP contribution >= 0.6 is 11.3 Å². The van der Waals surface area contributed by atoms with E-state index in [1.807, 2.05) is 42.2 Å². The van der Waals surface area contributed by atoms with Crippen LogP contribution in [-0.4, -0.2) is 34.9 Å². The van der Waals surface area contributed by atoms with Gasteiger partial charge >= 0.3 is 5.97 Å². The van der Waals surface area contributed by atoms with E-state index in [0.29, 0.717) is 24.4 Å². The van der Waals surface area contributed by atoms with Crippen LogP contribution in [0, 0.1) is 12.8 Å².